The van der Waals surface area contributed by atoms with E-state index in [-0.39, 0.29) is 0 Å². The van der Waals surface area contributed by atoms with Crippen LogP contribution in [-0.2, 0) is 19.5 Å². The monoisotopic (exact) mass is 339 g/mol. The Hall–Kier alpha value is -2.78. The van der Waals surface area contributed by atoms with E-state index in [9.17, 15) is 0 Å². The Morgan fingerprint density at radius 2 is 1.85 bits per heavy atom. The predicted octanol–water partition coefficient (Wildman–Crippen LogP) is 4.65. The van der Waals surface area contributed by atoms with Crippen molar-refractivity contribution in [3.63, 3.8) is 0 Å². The molecule has 4 aromatic rings. The second-order valence-corrected chi connectivity index (χ2v) is 7.30. The van der Waals surface area contributed by atoms with Crippen LogP contribution in [0.5, 0.6) is 0 Å². The van der Waals surface area contributed by atoms with E-state index < -0.39 is 0 Å². The molecule has 0 saturated carbocycles. The van der Waals surface area contributed by atoms with Crippen LogP contribution in [0.25, 0.3) is 21.8 Å². The highest BCUT2D eigenvalue weighted by Gasteiger charge is 2.18. The predicted molar refractivity (Wildman–Crippen MR) is 106 cm³/mol. The maximum absolute atomic E-state index is 4.80. The SMILES string of the molecule is Cc1cnc2nc3c(cc2c1)CN(Cc1ccc2ccccc2c1)CC3. The summed E-state index contributed by atoms with van der Waals surface area (Å²) in [5.41, 5.74) is 5.99. The summed E-state index contributed by atoms with van der Waals surface area (Å²) in [4.78, 5) is 11.8. The first kappa shape index (κ1) is 15.5. The van der Waals surface area contributed by atoms with Crippen molar-refractivity contribution in [1.82, 2.24) is 14.9 Å². The second-order valence-electron chi connectivity index (χ2n) is 7.30. The Balaban J connectivity index is 1.42. The highest BCUT2D eigenvalue weighted by molar-refractivity contribution is 5.83. The van der Waals surface area contributed by atoms with E-state index in [0.717, 1.165) is 37.1 Å². The van der Waals surface area contributed by atoms with Crippen molar-refractivity contribution in [2.75, 3.05) is 6.54 Å². The Morgan fingerprint density at radius 3 is 2.77 bits per heavy atom. The highest BCUT2D eigenvalue weighted by atomic mass is 15.1. The molecule has 0 atom stereocenters. The minimum Gasteiger partial charge on any atom is -0.294 e. The average Bonchev–Trinajstić information content (AvgIpc) is 2.66. The molecule has 3 heterocycles. The molecule has 0 spiro atoms. The average molecular weight is 339 g/mol. The first-order chi connectivity index (χ1) is 12.7. The number of hydrogen-bond donors (Lipinski definition) is 0. The third kappa shape index (κ3) is 2.85. The van der Waals surface area contributed by atoms with E-state index in [1.165, 1.54) is 33.2 Å². The number of benzene rings is 2. The number of aromatic nitrogens is 2. The van der Waals surface area contributed by atoms with Crippen LogP contribution in [0, 0.1) is 6.92 Å². The second kappa shape index (κ2) is 6.19. The summed E-state index contributed by atoms with van der Waals surface area (Å²) >= 11 is 0. The lowest BCUT2D eigenvalue weighted by atomic mass is 10.0. The molecule has 0 radical (unpaired) electrons. The minimum absolute atomic E-state index is 0.873. The molecule has 3 heteroatoms. The van der Waals surface area contributed by atoms with Crippen LogP contribution < -0.4 is 0 Å². The molecular formula is C23H21N3. The number of pyridine rings is 2. The lowest BCUT2D eigenvalue weighted by Gasteiger charge is -2.28. The third-order valence-corrected chi connectivity index (χ3v) is 5.25. The zero-order valence-electron chi connectivity index (χ0n) is 14.9. The first-order valence-corrected chi connectivity index (χ1v) is 9.20. The van der Waals surface area contributed by atoms with Gasteiger partial charge in [0, 0.05) is 43.3 Å². The van der Waals surface area contributed by atoms with Crippen molar-refractivity contribution in [1.29, 1.82) is 0 Å². The molecule has 5 rings (SSSR count). The maximum Gasteiger partial charge on any atom is 0.159 e. The van der Waals surface area contributed by atoms with Gasteiger partial charge < -0.3 is 0 Å². The molecule has 0 aliphatic carbocycles. The van der Waals surface area contributed by atoms with E-state index in [0.29, 0.717) is 0 Å². The summed E-state index contributed by atoms with van der Waals surface area (Å²) in [5, 5.41) is 3.77. The van der Waals surface area contributed by atoms with Crippen molar-refractivity contribution in [3.8, 4) is 0 Å². The fraction of sp³-hybridized carbons (Fsp3) is 0.217. The summed E-state index contributed by atoms with van der Waals surface area (Å²) in [6, 6.07) is 19.8. The van der Waals surface area contributed by atoms with Gasteiger partial charge in [0.2, 0.25) is 0 Å². The van der Waals surface area contributed by atoms with Gasteiger partial charge in [-0.25, -0.2) is 9.97 Å². The molecule has 1 aliphatic rings. The van der Waals surface area contributed by atoms with Crippen LogP contribution in [0.4, 0.5) is 0 Å². The van der Waals surface area contributed by atoms with Crippen LogP contribution in [0.3, 0.4) is 0 Å². The zero-order valence-corrected chi connectivity index (χ0v) is 14.9. The molecule has 2 aromatic heterocycles. The van der Waals surface area contributed by atoms with Crippen LogP contribution in [0.2, 0.25) is 0 Å². The summed E-state index contributed by atoms with van der Waals surface area (Å²) in [7, 11) is 0. The lowest BCUT2D eigenvalue weighted by molar-refractivity contribution is 0.244. The van der Waals surface area contributed by atoms with E-state index in [4.69, 9.17) is 4.98 Å². The van der Waals surface area contributed by atoms with Gasteiger partial charge in [-0.15, -0.1) is 0 Å². The van der Waals surface area contributed by atoms with Gasteiger partial charge in [0.1, 0.15) is 0 Å². The van der Waals surface area contributed by atoms with Gasteiger partial charge >= 0.3 is 0 Å². The third-order valence-electron chi connectivity index (χ3n) is 5.25. The van der Waals surface area contributed by atoms with Crippen LogP contribution >= 0.6 is 0 Å². The molecule has 0 unspecified atom stereocenters. The molecular weight excluding hydrogens is 318 g/mol. The number of aryl methyl sites for hydroxylation is 1. The summed E-state index contributed by atoms with van der Waals surface area (Å²) in [5.74, 6) is 0. The lowest BCUT2D eigenvalue weighted by Crippen LogP contribution is -2.30. The Labute approximate surface area is 153 Å². The molecule has 128 valence electrons. The van der Waals surface area contributed by atoms with Crippen molar-refractivity contribution >= 4 is 21.8 Å². The number of nitrogens with zero attached hydrogens (tertiary/aromatic N) is 3. The highest BCUT2D eigenvalue weighted by Crippen LogP contribution is 2.24. The standard InChI is InChI=1S/C23H21N3/c1-16-10-20-12-21-15-26(9-8-22(21)25-23(20)24-13-16)14-17-6-7-18-4-2-3-5-19(18)11-17/h2-7,10-13H,8-9,14-15H2,1H3. The van der Waals surface area contributed by atoms with Gasteiger partial charge in [0.15, 0.2) is 5.65 Å². The molecule has 26 heavy (non-hydrogen) atoms. The van der Waals surface area contributed by atoms with Gasteiger partial charge in [0.25, 0.3) is 0 Å². The molecule has 0 amide bonds. The summed E-state index contributed by atoms with van der Waals surface area (Å²) < 4.78 is 0. The molecule has 0 fully saturated rings. The first-order valence-electron chi connectivity index (χ1n) is 9.20. The number of fused-ring (bicyclic) bond motifs is 3. The normalized spacial score (nSPS) is 14.7. The van der Waals surface area contributed by atoms with E-state index in [2.05, 4.69) is 71.4 Å². The zero-order chi connectivity index (χ0) is 17.5. The van der Waals surface area contributed by atoms with Crippen molar-refractivity contribution in [3.05, 3.63) is 83.2 Å². The van der Waals surface area contributed by atoms with Gasteiger partial charge in [-0.2, -0.15) is 0 Å². The molecule has 2 aromatic carbocycles. The van der Waals surface area contributed by atoms with E-state index in [1.807, 2.05) is 6.20 Å². The Kier molecular flexibility index (Phi) is 3.68. The van der Waals surface area contributed by atoms with E-state index >= 15 is 0 Å². The molecule has 0 bridgehead atoms. The summed E-state index contributed by atoms with van der Waals surface area (Å²) in [6.07, 6.45) is 2.89. The Morgan fingerprint density at radius 1 is 0.962 bits per heavy atom. The fourth-order valence-corrected chi connectivity index (χ4v) is 3.92. The van der Waals surface area contributed by atoms with Crippen LogP contribution in [0.15, 0.2) is 60.8 Å². The Bertz CT molecular complexity index is 1120. The topological polar surface area (TPSA) is 29.0 Å². The minimum atomic E-state index is 0.873. The van der Waals surface area contributed by atoms with Gasteiger partial charge in [-0.3, -0.25) is 4.90 Å². The molecule has 0 N–H and O–H groups in total. The molecule has 0 saturated heterocycles. The largest absolute Gasteiger partial charge is 0.294 e. The number of hydrogen-bond acceptors (Lipinski definition) is 3. The van der Waals surface area contributed by atoms with E-state index in [1.54, 1.807) is 0 Å². The van der Waals surface area contributed by atoms with Crippen LogP contribution in [-0.4, -0.2) is 21.4 Å². The van der Waals surface area contributed by atoms with Gasteiger partial charge in [0.05, 0.1) is 0 Å². The summed E-state index contributed by atoms with van der Waals surface area (Å²) in [6.45, 7) is 5.07. The fourth-order valence-electron chi connectivity index (χ4n) is 3.92. The quantitative estimate of drug-likeness (QED) is 0.532. The van der Waals surface area contributed by atoms with Crippen molar-refractivity contribution in [2.24, 2.45) is 0 Å². The van der Waals surface area contributed by atoms with Gasteiger partial charge in [-0.05, 0) is 52.6 Å². The molecule has 3 nitrogen and oxygen atoms in total. The number of rotatable bonds is 2. The van der Waals surface area contributed by atoms with Gasteiger partial charge in [-0.1, -0.05) is 36.4 Å². The van der Waals surface area contributed by atoms with Crippen molar-refractivity contribution in [2.45, 2.75) is 26.4 Å². The van der Waals surface area contributed by atoms with Crippen LogP contribution in [0.1, 0.15) is 22.4 Å². The smallest absolute Gasteiger partial charge is 0.159 e. The van der Waals surface area contributed by atoms with Crippen molar-refractivity contribution < 1.29 is 0 Å². The molecule has 1 aliphatic heterocycles. The maximum atomic E-state index is 4.80.